The van der Waals surface area contributed by atoms with Crippen LogP contribution < -0.4 is 4.74 Å². The van der Waals surface area contributed by atoms with Crippen LogP contribution in [0.5, 0.6) is 5.75 Å². The lowest BCUT2D eigenvalue weighted by Crippen LogP contribution is -1.98. The molecule has 0 radical (unpaired) electrons. The summed E-state index contributed by atoms with van der Waals surface area (Å²) >= 11 is 3.29. The quantitative estimate of drug-likeness (QED) is 0.600. The summed E-state index contributed by atoms with van der Waals surface area (Å²) in [5.74, 6) is 0.420. The molecular formula is C10H9BrO2. The van der Waals surface area contributed by atoms with Gasteiger partial charge in [0.2, 0.25) is 0 Å². The molecule has 0 amide bonds. The molecule has 0 aliphatic heterocycles. The van der Waals surface area contributed by atoms with Crippen LogP contribution in [0.1, 0.15) is 10.4 Å². The number of allylic oxidation sites excluding steroid dienone is 1. The van der Waals surface area contributed by atoms with E-state index in [0.717, 1.165) is 4.47 Å². The van der Waals surface area contributed by atoms with E-state index in [2.05, 4.69) is 22.5 Å². The first kappa shape index (κ1) is 9.99. The van der Waals surface area contributed by atoms with Gasteiger partial charge in [-0.1, -0.05) is 22.5 Å². The summed E-state index contributed by atoms with van der Waals surface area (Å²) in [6, 6.07) is 5.24. The fraction of sp³-hybridized carbons (Fsp3) is 0.100. The fourth-order valence-corrected chi connectivity index (χ4v) is 1.32. The summed E-state index contributed by atoms with van der Waals surface area (Å²) in [6.45, 7) is 3.42. The van der Waals surface area contributed by atoms with Gasteiger partial charge in [0.05, 0.1) is 12.7 Å². The maximum atomic E-state index is 11.3. The van der Waals surface area contributed by atoms with E-state index in [0.29, 0.717) is 11.3 Å². The molecule has 0 N–H and O–H groups in total. The van der Waals surface area contributed by atoms with E-state index in [9.17, 15) is 4.79 Å². The average molecular weight is 241 g/mol. The summed E-state index contributed by atoms with van der Waals surface area (Å²) in [5.41, 5.74) is 0.528. The molecular weight excluding hydrogens is 232 g/mol. The predicted octanol–water partition coefficient (Wildman–Crippen LogP) is 2.83. The molecule has 0 aromatic heterocycles. The molecule has 2 nitrogen and oxygen atoms in total. The van der Waals surface area contributed by atoms with Gasteiger partial charge in [-0.25, -0.2) is 0 Å². The summed E-state index contributed by atoms with van der Waals surface area (Å²) < 4.78 is 5.93. The summed E-state index contributed by atoms with van der Waals surface area (Å²) in [5, 5.41) is 0. The van der Waals surface area contributed by atoms with Crippen molar-refractivity contribution >= 4 is 21.7 Å². The Bertz CT molecular complexity index is 345. The molecule has 13 heavy (non-hydrogen) atoms. The van der Waals surface area contributed by atoms with Gasteiger partial charge >= 0.3 is 0 Å². The number of rotatable bonds is 3. The highest BCUT2D eigenvalue weighted by Gasteiger charge is 2.08. The normalized spacial score (nSPS) is 9.38. The van der Waals surface area contributed by atoms with Crippen molar-refractivity contribution < 1.29 is 9.53 Å². The lowest BCUT2D eigenvalue weighted by Gasteiger charge is -2.05. The van der Waals surface area contributed by atoms with E-state index < -0.39 is 0 Å². The van der Waals surface area contributed by atoms with Gasteiger partial charge in [0.15, 0.2) is 5.78 Å². The SMILES string of the molecule is C=CC(=O)c1ccc(Br)cc1OC. The van der Waals surface area contributed by atoms with Crippen LogP contribution in [0.4, 0.5) is 0 Å². The van der Waals surface area contributed by atoms with Crippen LogP contribution in [0.3, 0.4) is 0 Å². The molecule has 0 spiro atoms. The number of carbonyl (C=O) groups is 1. The third-order valence-electron chi connectivity index (χ3n) is 1.61. The number of hydrogen-bond donors (Lipinski definition) is 0. The van der Waals surface area contributed by atoms with Gasteiger partial charge in [0.25, 0.3) is 0 Å². The topological polar surface area (TPSA) is 26.3 Å². The third kappa shape index (κ3) is 2.18. The zero-order valence-corrected chi connectivity index (χ0v) is 8.80. The van der Waals surface area contributed by atoms with Crippen molar-refractivity contribution in [2.45, 2.75) is 0 Å². The van der Waals surface area contributed by atoms with Crippen LogP contribution in [0.15, 0.2) is 35.3 Å². The maximum Gasteiger partial charge on any atom is 0.188 e. The number of halogens is 1. The molecule has 68 valence electrons. The first-order valence-electron chi connectivity index (χ1n) is 3.69. The first-order chi connectivity index (χ1) is 6.19. The zero-order valence-electron chi connectivity index (χ0n) is 7.21. The molecule has 3 heteroatoms. The van der Waals surface area contributed by atoms with E-state index >= 15 is 0 Å². The third-order valence-corrected chi connectivity index (χ3v) is 2.11. The second-order valence-electron chi connectivity index (χ2n) is 2.41. The minimum Gasteiger partial charge on any atom is -0.496 e. The molecule has 0 atom stereocenters. The first-order valence-corrected chi connectivity index (χ1v) is 4.48. The number of ketones is 1. The molecule has 0 aliphatic carbocycles. The van der Waals surface area contributed by atoms with Gasteiger partial charge in [0, 0.05) is 4.47 Å². The zero-order chi connectivity index (χ0) is 9.84. The molecule has 1 aromatic rings. The van der Waals surface area contributed by atoms with E-state index in [1.165, 1.54) is 13.2 Å². The second-order valence-corrected chi connectivity index (χ2v) is 3.33. The van der Waals surface area contributed by atoms with Gasteiger partial charge < -0.3 is 4.74 Å². The smallest absolute Gasteiger partial charge is 0.188 e. The van der Waals surface area contributed by atoms with Crippen LogP contribution in [0.25, 0.3) is 0 Å². The maximum absolute atomic E-state index is 11.3. The highest BCUT2D eigenvalue weighted by atomic mass is 79.9. The summed E-state index contributed by atoms with van der Waals surface area (Å²) in [4.78, 5) is 11.3. The van der Waals surface area contributed by atoms with Crippen molar-refractivity contribution in [1.29, 1.82) is 0 Å². The Balaban J connectivity index is 3.20. The molecule has 1 rings (SSSR count). The lowest BCUT2D eigenvalue weighted by atomic mass is 10.1. The Hall–Kier alpha value is -1.09. The minimum atomic E-state index is -0.135. The minimum absolute atomic E-state index is 0.135. The average Bonchev–Trinajstić information content (AvgIpc) is 2.16. The molecule has 0 saturated carbocycles. The van der Waals surface area contributed by atoms with Gasteiger partial charge in [-0.15, -0.1) is 0 Å². The van der Waals surface area contributed by atoms with Crippen LogP contribution >= 0.6 is 15.9 Å². The van der Waals surface area contributed by atoms with Gasteiger partial charge in [-0.3, -0.25) is 4.79 Å². The molecule has 0 saturated heterocycles. The molecule has 0 bridgehead atoms. The van der Waals surface area contributed by atoms with Crippen molar-refractivity contribution in [2.24, 2.45) is 0 Å². The summed E-state index contributed by atoms with van der Waals surface area (Å²) in [7, 11) is 1.53. The molecule has 0 aliphatic rings. The van der Waals surface area contributed by atoms with Crippen molar-refractivity contribution in [3.8, 4) is 5.75 Å². The van der Waals surface area contributed by atoms with Crippen LogP contribution in [0.2, 0.25) is 0 Å². The highest BCUT2D eigenvalue weighted by molar-refractivity contribution is 9.10. The second kappa shape index (κ2) is 4.23. The number of methoxy groups -OCH3 is 1. The van der Waals surface area contributed by atoms with Crippen LogP contribution in [0, 0.1) is 0 Å². The number of carbonyl (C=O) groups excluding carboxylic acids is 1. The van der Waals surface area contributed by atoms with Gasteiger partial charge in [-0.05, 0) is 24.3 Å². The molecule has 0 heterocycles. The summed E-state index contributed by atoms with van der Waals surface area (Å²) in [6.07, 6.45) is 1.27. The van der Waals surface area contributed by atoms with Crippen molar-refractivity contribution in [3.63, 3.8) is 0 Å². The van der Waals surface area contributed by atoms with Crippen molar-refractivity contribution in [2.75, 3.05) is 7.11 Å². The van der Waals surface area contributed by atoms with Crippen LogP contribution in [-0.4, -0.2) is 12.9 Å². The Morgan fingerprint density at radius 3 is 2.85 bits per heavy atom. The van der Waals surface area contributed by atoms with E-state index in [1.54, 1.807) is 18.2 Å². The molecule has 0 fully saturated rings. The largest absolute Gasteiger partial charge is 0.496 e. The van der Waals surface area contributed by atoms with E-state index in [4.69, 9.17) is 4.74 Å². The monoisotopic (exact) mass is 240 g/mol. The fourth-order valence-electron chi connectivity index (χ4n) is 0.979. The molecule has 0 unspecified atom stereocenters. The number of benzene rings is 1. The Morgan fingerprint density at radius 1 is 1.62 bits per heavy atom. The van der Waals surface area contributed by atoms with E-state index in [1.807, 2.05) is 0 Å². The standard InChI is InChI=1S/C10H9BrO2/c1-3-9(12)8-5-4-7(11)6-10(8)13-2/h3-6H,1H2,2H3. The van der Waals surface area contributed by atoms with Crippen LogP contribution in [-0.2, 0) is 0 Å². The number of ether oxygens (including phenoxy) is 1. The van der Waals surface area contributed by atoms with Gasteiger partial charge in [-0.2, -0.15) is 0 Å². The van der Waals surface area contributed by atoms with Gasteiger partial charge in [0.1, 0.15) is 5.75 Å². The molecule has 1 aromatic carbocycles. The Labute approximate surface area is 85.3 Å². The predicted molar refractivity (Wildman–Crippen MR) is 55.2 cm³/mol. The Morgan fingerprint density at radius 2 is 2.31 bits per heavy atom. The van der Waals surface area contributed by atoms with Crippen molar-refractivity contribution in [1.82, 2.24) is 0 Å². The van der Waals surface area contributed by atoms with E-state index in [-0.39, 0.29) is 5.78 Å². The Kier molecular flexibility index (Phi) is 3.25. The number of hydrogen-bond acceptors (Lipinski definition) is 2. The highest BCUT2D eigenvalue weighted by Crippen LogP contribution is 2.23. The van der Waals surface area contributed by atoms with Crippen molar-refractivity contribution in [3.05, 3.63) is 40.9 Å². The lowest BCUT2D eigenvalue weighted by molar-refractivity contribution is 0.104.